The fourth-order valence-electron chi connectivity index (χ4n) is 4.31. The van der Waals surface area contributed by atoms with Crippen LogP contribution >= 0.6 is 0 Å². The van der Waals surface area contributed by atoms with Crippen LogP contribution < -0.4 is 4.74 Å². The Morgan fingerprint density at radius 2 is 1.86 bits per heavy atom. The lowest BCUT2D eigenvalue weighted by Crippen LogP contribution is -2.38. The minimum Gasteiger partial charge on any atom is -0.493 e. The van der Waals surface area contributed by atoms with Gasteiger partial charge in [0.2, 0.25) is 0 Å². The summed E-state index contributed by atoms with van der Waals surface area (Å²) >= 11 is 0. The van der Waals surface area contributed by atoms with Crippen LogP contribution in [-0.2, 0) is 6.54 Å². The molecule has 4 rings (SSSR count). The molecule has 0 saturated carbocycles. The third kappa shape index (κ3) is 5.71. The first-order valence-electron chi connectivity index (χ1n) is 12.3. The Hall–Kier alpha value is -3.78. The molecule has 188 valence electrons. The Morgan fingerprint density at radius 1 is 1.03 bits per heavy atom. The van der Waals surface area contributed by atoms with E-state index in [4.69, 9.17) is 4.74 Å². The molecular weight excluding hydrogens is 457 g/mol. The van der Waals surface area contributed by atoms with E-state index in [0.717, 1.165) is 41.7 Å². The Labute approximate surface area is 210 Å². The summed E-state index contributed by atoms with van der Waals surface area (Å²) in [5.74, 6) is 0.125. The van der Waals surface area contributed by atoms with Crippen LogP contribution in [0.25, 0.3) is 22.0 Å². The Balaban J connectivity index is 1.67. The quantitative estimate of drug-likeness (QED) is 0.316. The van der Waals surface area contributed by atoms with E-state index in [1.807, 2.05) is 24.0 Å². The van der Waals surface area contributed by atoms with Gasteiger partial charge in [-0.3, -0.25) is 14.9 Å². The molecule has 1 amide bonds. The number of hydrogen-bond acceptors (Lipinski definition) is 5. The molecule has 0 saturated heterocycles. The minimum atomic E-state index is -0.320. The number of rotatable bonds is 11. The largest absolute Gasteiger partial charge is 0.493 e. The van der Waals surface area contributed by atoms with Crippen molar-refractivity contribution in [2.75, 3.05) is 32.8 Å². The molecule has 2 aromatic carbocycles. The van der Waals surface area contributed by atoms with Gasteiger partial charge in [0.15, 0.2) is 0 Å². The first kappa shape index (κ1) is 25.3. The van der Waals surface area contributed by atoms with Gasteiger partial charge in [-0.1, -0.05) is 26.0 Å². The second-order valence-corrected chi connectivity index (χ2v) is 8.54. The lowest BCUT2D eigenvalue weighted by atomic mass is 10.0. The number of benzene rings is 2. The summed E-state index contributed by atoms with van der Waals surface area (Å²) in [7, 11) is 0. The number of likely N-dealkylation sites (N-methyl/N-ethyl adjacent to an activating group) is 1. The molecular formula is C28H32FN5O2. The molecule has 36 heavy (non-hydrogen) atoms. The van der Waals surface area contributed by atoms with Gasteiger partial charge in [0, 0.05) is 54.1 Å². The standard InChI is InChI=1S/C28H32FN5O2/c1-4-33(5-2)12-13-34(19-23-17-30-16-22-18-31-32-27(22)23)28(35)21-10-11-25(26(15-21)36-6-3)20-8-7-9-24(29)14-20/h7-11,14-18H,4-6,12-13,19H2,1-3H3,(H,31,32). The zero-order valence-electron chi connectivity index (χ0n) is 21.0. The summed E-state index contributed by atoms with van der Waals surface area (Å²) in [5.41, 5.74) is 3.74. The van der Waals surface area contributed by atoms with Crippen molar-refractivity contribution in [3.63, 3.8) is 0 Å². The van der Waals surface area contributed by atoms with Crippen LogP contribution in [0.15, 0.2) is 61.1 Å². The molecule has 2 aromatic heterocycles. The van der Waals surface area contributed by atoms with Gasteiger partial charge in [-0.2, -0.15) is 5.10 Å². The Bertz CT molecular complexity index is 1320. The van der Waals surface area contributed by atoms with Gasteiger partial charge in [-0.05, 0) is 55.9 Å². The zero-order chi connectivity index (χ0) is 25.5. The fraction of sp³-hybridized carbons (Fsp3) is 0.321. The van der Waals surface area contributed by atoms with E-state index < -0.39 is 0 Å². The number of hydrogen-bond donors (Lipinski definition) is 1. The highest BCUT2D eigenvalue weighted by Crippen LogP contribution is 2.32. The predicted molar refractivity (Wildman–Crippen MR) is 139 cm³/mol. The summed E-state index contributed by atoms with van der Waals surface area (Å²) in [5, 5.41) is 8.06. The van der Waals surface area contributed by atoms with E-state index in [1.54, 1.807) is 36.8 Å². The molecule has 7 nitrogen and oxygen atoms in total. The third-order valence-corrected chi connectivity index (χ3v) is 6.33. The van der Waals surface area contributed by atoms with Crippen LogP contribution in [-0.4, -0.2) is 63.7 Å². The van der Waals surface area contributed by atoms with Gasteiger partial charge < -0.3 is 14.5 Å². The average molecular weight is 490 g/mol. The number of nitrogens with zero attached hydrogens (tertiary/aromatic N) is 4. The van der Waals surface area contributed by atoms with Crippen molar-refractivity contribution in [3.8, 4) is 16.9 Å². The number of pyridine rings is 1. The number of fused-ring (bicyclic) bond motifs is 1. The van der Waals surface area contributed by atoms with E-state index in [-0.39, 0.29) is 11.7 Å². The van der Waals surface area contributed by atoms with E-state index in [9.17, 15) is 9.18 Å². The monoisotopic (exact) mass is 489 g/mol. The maximum absolute atomic E-state index is 13.9. The van der Waals surface area contributed by atoms with Crippen LogP contribution in [0.3, 0.4) is 0 Å². The molecule has 0 aliphatic carbocycles. The van der Waals surface area contributed by atoms with Crippen molar-refractivity contribution >= 4 is 16.8 Å². The van der Waals surface area contributed by atoms with Gasteiger partial charge in [0.1, 0.15) is 11.6 Å². The topological polar surface area (TPSA) is 74.3 Å². The number of amides is 1. The third-order valence-electron chi connectivity index (χ3n) is 6.33. The van der Waals surface area contributed by atoms with Crippen LogP contribution in [0.1, 0.15) is 36.7 Å². The molecule has 0 aliphatic heterocycles. The molecule has 1 N–H and O–H groups in total. The number of H-pyrrole nitrogens is 1. The normalized spacial score (nSPS) is 11.2. The Morgan fingerprint density at radius 3 is 2.61 bits per heavy atom. The minimum absolute atomic E-state index is 0.106. The molecule has 0 spiro atoms. The van der Waals surface area contributed by atoms with Crippen LogP contribution in [0.2, 0.25) is 0 Å². The molecule has 4 aromatic rings. The fourth-order valence-corrected chi connectivity index (χ4v) is 4.31. The molecule has 8 heteroatoms. The first-order chi connectivity index (χ1) is 17.5. The number of aromatic nitrogens is 3. The van der Waals surface area contributed by atoms with Crippen LogP contribution in [0.4, 0.5) is 4.39 Å². The lowest BCUT2D eigenvalue weighted by molar-refractivity contribution is 0.0724. The highest BCUT2D eigenvalue weighted by molar-refractivity contribution is 5.96. The van der Waals surface area contributed by atoms with E-state index in [2.05, 4.69) is 33.9 Å². The van der Waals surface area contributed by atoms with Gasteiger partial charge in [-0.15, -0.1) is 0 Å². The van der Waals surface area contributed by atoms with Crippen LogP contribution in [0.5, 0.6) is 5.75 Å². The molecule has 0 atom stereocenters. The maximum atomic E-state index is 13.9. The number of ether oxygens (including phenoxy) is 1. The highest BCUT2D eigenvalue weighted by atomic mass is 19.1. The molecule has 0 unspecified atom stereocenters. The zero-order valence-corrected chi connectivity index (χ0v) is 21.0. The first-order valence-corrected chi connectivity index (χ1v) is 12.3. The smallest absolute Gasteiger partial charge is 0.254 e. The van der Waals surface area contributed by atoms with Gasteiger partial charge in [0.05, 0.1) is 18.3 Å². The molecule has 0 fully saturated rings. The summed E-state index contributed by atoms with van der Waals surface area (Å²) < 4.78 is 19.7. The van der Waals surface area contributed by atoms with Crippen LogP contribution in [0, 0.1) is 5.82 Å². The Kier molecular flexibility index (Phi) is 8.28. The van der Waals surface area contributed by atoms with E-state index >= 15 is 0 Å². The number of halogens is 1. The molecule has 0 aliphatic rings. The molecule has 0 bridgehead atoms. The summed E-state index contributed by atoms with van der Waals surface area (Å²) in [4.78, 5) is 22.3. The maximum Gasteiger partial charge on any atom is 0.254 e. The highest BCUT2D eigenvalue weighted by Gasteiger charge is 2.21. The van der Waals surface area contributed by atoms with E-state index in [1.165, 1.54) is 12.1 Å². The van der Waals surface area contributed by atoms with Gasteiger partial charge >= 0.3 is 0 Å². The van der Waals surface area contributed by atoms with Crippen molar-refractivity contribution in [1.82, 2.24) is 25.0 Å². The SMILES string of the molecule is CCOc1cc(C(=O)N(CCN(CC)CC)Cc2cncc3cn[nH]c23)ccc1-c1cccc(F)c1. The number of nitrogens with one attached hydrogen (secondary N) is 1. The lowest BCUT2D eigenvalue weighted by Gasteiger charge is -2.27. The number of carbonyl (C=O) groups excluding carboxylic acids is 1. The van der Waals surface area contributed by atoms with Gasteiger partial charge in [-0.25, -0.2) is 4.39 Å². The molecule has 0 radical (unpaired) electrons. The van der Waals surface area contributed by atoms with Gasteiger partial charge in [0.25, 0.3) is 5.91 Å². The van der Waals surface area contributed by atoms with Crippen molar-refractivity contribution in [1.29, 1.82) is 0 Å². The number of aromatic amines is 1. The second-order valence-electron chi connectivity index (χ2n) is 8.54. The second kappa shape index (κ2) is 11.8. The summed E-state index contributed by atoms with van der Waals surface area (Å²) in [6.07, 6.45) is 5.26. The summed E-state index contributed by atoms with van der Waals surface area (Å²) in [6.45, 7) is 10.1. The van der Waals surface area contributed by atoms with Crippen molar-refractivity contribution in [3.05, 3.63) is 78.0 Å². The van der Waals surface area contributed by atoms with Crippen molar-refractivity contribution in [2.24, 2.45) is 0 Å². The number of carbonyl (C=O) groups is 1. The summed E-state index contributed by atoms with van der Waals surface area (Å²) in [6, 6.07) is 11.7. The average Bonchev–Trinajstić information content (AvgIpc) is 3.38. The van der Waals surface area contributed by atoms with Crippen molar-refractivity contribution < 1.29 is 13.9 Å². The molecule has 2 heterocycles. The predicted octanol–water partition coefficient (Wildman–Crippen LogP) is 5.15. The van der Waals surface area contributed by atoms with Crippen molar-refractivity contribution in [2.45, 2.75) is 27.3 Å². The van der Waals surface area contributed by atoms with E-state index in [0.29, 0.717) is 36.6 Å².